The SMILES string of the molecule is CC(=O)N1CCC(Oc2ccc(Cl)cc2C(=O)N(C)Cc2sccc2C)CC1. The van der Waals surface area contributed by atoms with Crippen LogP contribution in [0.2, 0.25) is 5.02 Å². The van der Waals surface area contributed by atoms with Crippen molar-refractivity contribution in [3.8, 4) is 5.75 Å². The summed E-state index contributed by atoms with van der Waals surface area (Å²) in [4.78, 5) is 29.3. The smallest absolute Gasteiger partial charge is 0.257 e. The van der Waals surface area contributed by atoms with Crippen LogP contribution in [0, 0.1) is 6.92 Å². The molecular formula is C21H25ClN2O3S. The van der Waals surface area contributed by atoms with Gasteiger partial charge in [0.25, 0.3) is 5.91 Å². The van der Waals surface area contributed by atoms with E-state index in [1.165, 1.54) is 5.56 Å². The van der Waals surface area contributed by atoms with Gasteiger partial charge in [0.1, 0.15) is 11.9 Å². The fourth-order valence-corrected chi connectivity index (χ4v) is 4.43. The summed E-state index contributed by atoms with van der Waals surface area (Å²) in [5.41, 5.74) is 1.66. The van der Waals surface area contributed by atoms with Crippen molar-refractivity contribution >= 4 is 34.8 Å². The Kier molecular flexibility index (Phi) is 6.62. The molecule has 1 aromatic carbocycles. The molecule has 2 amide bonds. The van der Waals surface area contributed by atoms with Gasteiger partial charge in [-0.1, -0.05) is 11.6 Å². The number of hydrogen-bond donors (Lipinski definition) is 0. The molecule has 2 heterocycles. The molecule has 5 nitrogen and oxygen atoms in total. The summed E-state index contributed by atoms with van der Waals surface area (Å²) in [6, 6.07) is 7.22. The summed E-state index contributed by atoms with van der Waals surface area (Å²) < 4.78 is 6.16. The number of benzene rings is 1. The molecule has 7 heteroatoms. The molecule has 0 atom stereocenters. The number of piperidine rings is 1. The molecule has 1 aliphatic rings. The van der Waals surface area contributed by atoms with Gasteiger partial charge in [-0.25, -0.2) is 0 Å². The van der Waals surface area contributed by atoms with Gasteiger partial charge in [-0.3, -0.25) is 9.59 Å². The third-order valence-corrected chi connectivity index (χ3v) is 6.29. The zero-order chi connectivity index (χ0) is 20.3. The van der Waals surface area contributed by atoms with Gasteiger partial charge >= 0.3 is 0 Å². The lowest BCUT2D eigenvalue weighted by Gasteiger charge is -2.32. The maximum Gasteiger partial charge on any atom is 0.257 e. The van der Waals surface area contributed by atoms with Crippen LogP contribution in [0.4, 0.5) is 0 Å². The minimum absolute atomic E-state index is 0.0202. The molecule has 1 fully saturated rings. The monoisotopic (exact) mass is 420 g/mol. The molecule has 0 saturated carbocycles. The van der Waals surface area contributed by atoms with E-state index in [0.29, 0.717) is 36.0 Å². The second-order valence-corrected chi connectivity index (χ2v) is 8.59. The summed E-state index contributed by atoms with van der Waals surface area (Å²) in [5, 5.41) is 2.53. The van der Waals surface area contributed by atoms with E-state index in [1.54, 1.807) is 48.4 Å². The first-order valence-electron chi connectivity index (χ1n) is 9.35. The van der Waals surface area contributed by atoms with Gasteiger partial charge < -0.3 is 14.5 Å². The van der Waals surface area contributed by atoms with Crippen LogP contribution in [0.15, 0.2) is 29.6 Å². The number of amides is 2. The zero-order valence-electron chi connectivity index (χ0n) is 16.4. The highest BCUT2D eigenvalue weighted by Gasteiger charge is 2.25. The van der Waals surface area contributed by atoms with E-state index in [-0.39, 0.29) is 17.9 Å². The molecule has 0 radical (unpaired) electrons. The third-order valence-electron chi connectivity index (χ3n) is 5.05. The largest absolute Gasteiger partial charge is 0.489 e. The Balaban J connectivity index is 1.72. The summed E-state index contributed by atoms with van der Waals surface area (Å²) in [6.07, 6.45) is 1.48. The van der Waals surface area contributed by atoms with Crippen LogP contribution in [0.5, 0.6) is 5.75 Å². The number of likely N-dealkylation sites (tertiary alicyclic amines) is 1. The highest BCUT2D eigenvalue weighted by Crippen LogP contribution is 2.28. The normalized spacial score (nSPS) is 14.8. The lowest BCUT2D eigenvalue weighted by Crippen LogP contribution is -2.40. The van der Waals surface area contributed by atoms with Gasteiger partial charge in [0, 0.05) is 49.8 Å². The Morgan fingerprint density at radius 1 is 1.29 bits per heavy atom. The Hall–Kier alpha value is -2.05. The summed E-state index contributed by atoms with van der Waals surface area (Å²) in [6.45, 7) is 5.53. The molecule has 1 aliphatic heterocycles. The third kappa shape index (κ3) is 4.86. The van der Waals surface area contributed by atoms with Crippen molar-refractivity contribution in [2.45, 2.75) is 39.3 Å². The first-order valence-corrected chi connectivity index (χ1v) is 10.6. The summed E-state index contributed by atoms with van der Waals surface area (Å²) >= 11 is 7.81. The van der Waals surface area contributed by atoms with Crippen LogP contribution in [0.3, 0.4) is 0 Å². The Morgan fingerprint density at radius 2 is 2.00 bits per heavy atom. The average Bonchev–Trinajstić information content (AvgIpc) is 3.07. The van der Waals surface area contributed by atoms with E-state index < -0.39 is 0 Å². The second kappa shape index (κ2) is 8.97. The van der Waals surface area contributed by atoms with E-state index in [1.807, 2.05) is 17.2 Å². The summed E-state index contributed by atoms with van der Waals surface area (Å²) in [7, 11) is 1.79. The fraction of sp³-hybridized carbons (Fsp3) is 0.429. The highest BCUT2D eigenvalue weighted by atomic mass is 35.5. The number of ether oxygens (including phenoxy) is 1. The second-order valence-electron chi connectivity index (χ2n) is 7.15. The van der Waals surface area contributed by atoms with Crippen molar-refractivity contribution in [3.63, 3.8) is 0 Å². The maximum absolute atomic E-state index is 13.1. The number of nitrogens with zero attached hydrogens (tertiary/aromatic N) is 2. The standard InChI is InChI=1S/C21H25ClN2O3S/c1-14-8-11-28-20(14)13-23(3)21(26)18-12-16(22)4-5-19(18)27-17-6-9-24(10-7-17)15(2)25/h4-5,8,11-12,17H,6-7,9-10,13H2,1-3H3. The number of aryl methyl sites for hydroxylation is 1. The number of thiophene rings is 1. The molecule has 0 spiro atoms. The molecule has 150 valence electrons. The van der Waals surface area contributed by atoms with E-state index in [4.69, 9.17) is 16.3 Å². The van der Waals surface area contributed by atoms with Crippen LogP contribution in [0.25, 0.3) is 0 Å². The van der Waals surface area contributed by atoms with Gasteiger partial charge in [0.2, 0.25) is 5.91 Å². The van der Waals surface area contributed by atoms with Gasteiger partial charge in [-0.2, -0.15) is 0 Å². The van der Waals surface area contributed by atoms with E-state index in [9.17, 15) is 9.59 Å². The van der Waals surface area contributed by atoms with Crippen LogP contribution in [0.1, 0.15) is 40.6 Å². The van der Waals surface area contributed by atoms with Crippen LogP contribution in [-0.4, -0.2) is 47.9 Å². The number of carbonyl (C=O) groups excluding carboxylic acids is 2. The molecule has 0 unspecified atom stereocenters. The van der Waals surface area contributed by atoms with Crippen molar-refractivity contribution < 1.29 is 14.3 Å². The van der Waals surface area contributed by atoms with Gasteiger partial charge in [0.15, 0.2) is 0 Å². The minimum atomic E-state index is -0.119. The van der Waals surface area contributed by atoms with E-state index in [0.717, 1.165) is 17.7 Å². The van der Waals surface area contributed by atoms with Crippen molar-refractivity contribution in [1.29, 1.82) is 0 Å². The first kappa shape index (κ1) is 20.7. The van der Waals surface area contributed by atoms with Crippen molar-refractivity contribution in [2.24, 2.45) is 0 Å². The molecule has 0 aliphatic carbocycles. The van der Waals surface area contributed by atoms with Crippen LogP contribution < -0.4 is 4.74 Å². The molecular weight excluding hydrogens is 396 g/mol. The molecule has 0 bridgehead atoms. The first-order chi connectivity index (χ1) is 13.3. The molecule has 0 N–H and O–H groups in total. The van der Waals surface area contributed by atoms with Gasteiger partial charge in [-0.15, -0.1) is 11.3 Å². The van der Waals surface area contributed by atoms with Crippen molar-refractivity contribution in [3.05, 3.63) is 50.7 Å². The number of carbonyl (C=O) groups is 2. The summed E-state index contributed by atoms with van der Waals surface area (Å²) in [5.74, 6) is 0.517. The number of rotatable bonds is 5. The molecule has 2 aromatic rings. The van der Waals surface area contributed by atoms with Crippen molar-refractivity contribution in [2.75, 3.05) is 20.1 Å². The molecule has 3 rings (SSSR count). The highest BCUT2D eigenvalue weighted by molar-refractivity contribution is 7.10. The zero-order valence-corrected chi connectivity index (χ0v) is 18.0. The Bertz CT molecular complexity index is 859. The maximum atomic E-state index is 13.1. The van der Waals surface area contributed by atoms with E-state index >= 15 is 0 Å². The molecule has 1 saturated heterocycles. The average molecular weight is 421 g/mol. The molecule has 1 aromatic heterocycles. The minimum Gasteiger partial charge on any atom is -0.489 e. The Morgan fingerprint density at radius 3 is 2.61 bits per heavy atom. The fourth-order valence-electron chi connectivity index (χ4n) is 3.30. The van der Waals surface area contributed by atoms with E-state index in [2.05, 4.69) is 6.07 Å². The van der Waals surface area contributed by atoms with Crippen LogP contribution in [-0.2, 0) is 11.3 Å². The van der Waals surface area contributed by atoms with Crippen molar-refractivity contribution in [1.82, 2.24) is 9.80 Å². The lowest BCUT2D eigenvalue weighted by atomic mass is 10.1. The quantitative estimate of drug-likeness (QED) is 0.721. The van der Waals surface area contributed by atoms with Crippen LogP contribution >= 0.6 is 22.9 Å². The van der Waals surface area contributed by atoms with Gasteiger partial charge in [0.05, 0.1) is 12.1 Å². The predicted molar refractivity (Wildman–Crippen MR) is 112 cm³/mol. The Labute approximate surface area is 174 Å². The van der Waals surface area contributed by atoms with Gasteiger partial charge in [-0.05, 0) is 42.1 Å². The lowest BCUT2D eigenvalue weighted by molar-refractivity contribution is -0.130. The number of halogens is 1. The number of hydrogen-bond acceptors (Lipinski definition) is 4. The predicted octanol–water partition coefficient (Wildman–Crippen LogP) is 4.37. The molecule has 28 heavy (non-hydrogen) atoms. The topological polar surface area (TPSA) is 49.9 Å².